The number of ether oxygens (including phenoxy) is 4. The Morgan fingerprint density at radius 1 is 0.356 bits per heavy atom. The van der Waals surface area contributed by atoms with E-state index < -0.39 is 24.3 Å². The van der Waals surface area contributed by atoms with Crippen LogP contribution in [0.1, 0.15) is 322 Å². The number of esters is 2. The fourth-order valence-electron chi connectivity index (χ4n) is 10.3. The average Bonchev–Trinajstić information content (AvgIpc) is 3.57. The van der Waals surface area contributed by atoms with Crippen LogP contribution in [0.4, 0.5) is 0 Å². The van der Waals surface area contributed by atoms with E-state index in [1.54, 1.807) is 0 Å². The molecule has 2 unspecified atom stereocenters. The van der Waals surface area contributed by atoms with Gasteiger partial charge in [-0.3, -0.25) is 9.59 Å². The number of quaternary nitrogens is 1. The van der Waals surface area contributed by atoms with Crippen molar-refractivity contribution in [1.29, 1.82) is 0 Å². The van der Waals surface area contributed by atoms with Crippen LogP contribution in [-0.2, 0) is 33.3 Å². The summed E-state index contributed by atoms with van der Waals surface area (Å²) in [4.78, 5) is 37.5. The van der Waals surface area contributed by atoms with Gasteiger partial charge in [-0.2, -0.15) is 0 Å². The van der Waals surface area contributed by atoms with Gasteiger partial charge in [0.15, 0.2) is 12.4 Å². The first kappa shape index (κ1) is 83.2. The summed E-state index contributed by atoms with van der Waals surface area (Å²) in [6.07, 6.45) is 90.7. The predicted octanol–water partition coefficient (Wildman–Crippen LogP) is 21.5. The number of hydrogen-bond donors (Lipinski definition) is 0. The third-order valence-electron chi connectivity index (χ3n) is 15.8. The molecule has 0 spiro atoms. The summed E-state index contributed by atoms with van der Waals surface area (Å²) >= 11 is 0. The van der Waals surface area contributed by atoms with Crippen molar-refractivity contribution in [1.82, 2.24) is 0 Å². The zero-order valence-corrected chi connectivity index (χ0v) is 57.4. The smallest absolute Gasteiger partial charge is 0.306 e. The van der Waals surface area contributed by atoms with Gasteiger partial charge in [-0.25, -0.2) is 0 Å². The Morgan fingerprint density at radius 3 is 0.977 bits per heavy atom. The Bertz CT molecular complexity index is 1750. The summed E-state index contributed by atoms with van der Waals surface area (Å²) in [7, 11) is 5.93. The Labute approximate surface area is 537 Å². The third-order valence-corrected chi connectivity index (χ3v) is 15.8. The summed E-state index contributed by atoms with van der Waals surface area (Å²) in [6, 6.07) is 0. The third kappa shape index (κ3) is 69.5. The number of carbonyl (C=O) groups excluding carboxylic acids is 3. The standard InChI is InChI=1S/C78H137NO8/c1-6-8-10-12-14-16-18-20-22-24-26-28-30-32-33-34-35-36-37-38-39-40-41-42-43-45-47-49-51-53-55-57-59-61-63-65-67-69-76(81)87-74(73-86-78(77(82)83)84-71-70-79(3,4)5)72-85-75(80)68-66-64-62-60-58-56-54-52-50-48-46-44-31-29-27-25-23-21-19-17-15-13-11-9-7-2/h8,10,14,16,19-22,25-28,31-33,44,74,78H,6-7,9,11-13,15,17-18,23-24,29-30,34-43,45-73H2,1-5H3/b10-8-,16-14-,21-19-,22-20-,27-25-,28-26-,33-32-,44-31-. The molecule has 502 valence electrons. The second-order valence-corrected chi connectivity index (χ2v) is 25.5. The molecule has 0 aliphatic carbocycles. The second kappa shape index (κ2) is 68.1. The molecule has 0 aromatic carbocycles. The molecule has 0 aliphatic rings. The number of carbonyl (C=O) groups is 3. The Balaban J connectivity index is 4.06. The van der Waals surface area contributed by atoms with Crippen LogP contribution in [0.25, 0.3) is 0 Å². The summed E-state index contributed by atoms with van der Waals surface area (Å²) in [5, 5.41) is 11.8. The van der Waals surface area contributed by atoms with E-state index in [2.05, 4.69) is 111 Å². The highest BCUT2D eigenvalue weighted by atomic mass is 16.7. The number of unbranched alkanes of at least 4 members (excludes halogenated alkanes) is 36. The van der Waals surface area contributed by atoms with E-state index in [9.17, 15) is 19.5 Å². The van der Waals surface area contributed by atoms with Crippen LogP contribution in [0.15, 0.2) is 97.2 Å². The van der Waals surface area contributed by atoms with Gasteiger partial charge in [0.05, 0.1) is 40.3 Å². The first-order chi connectivity index (χ1) is 42.6. The molecule has 0 saturated carbocycles. The number of hydrogen-bond acceptors (Lipinski definition) is 8. The zero-order valence-electron chi connectivity index (χ0n) is 57.4. The lowest BCUT2D eigenvalue weighted by molar-refractivity contribution is -0.870. The molecule has 0 aromatic heterocycles. The van der Waals surface area contributed by atoms with Crippen LogP contribution in [0.3, 0.4) is 0 Å². The molecule has 0 radical (unpaired) electrons. The van der Waals surface area contributed by atoms with Crippen molar-refractivity contribution in [2.45, 2.75) is 334 Å². The highest BCUT2D eigenvalue weighted by molar-refractivity contribution is 5.70. The fourth-order valence-corrected chi connectivity index (χ4v) is 10.3. The van der Waals surface area contributed by atoms with Crippen molar-refractivity contribution in [3.8, 4) is 0 Å². The molecule has 0 saturated heterocycles. The van der Waals surface area contributed by atoms with E-state index in [0.29, 0.717) is 17.4 Å². The van der Waals surface area contributed by atoms with Crippen molar-refractivity contribution in [3.63, 3.8) is 0 Å². The number of nitrogens with zero attached hydrogens (tertiary/aromatic N) is 1. The van der Waals surface area contributed by atoms with E-state index in [-0.39, 0.29) is 38.6 Å². The van der Waals surface area contributed by atoms with Crippen molar-refractivity contribution in [3.05, 3.63) is 97.2 Å². The minimum atomic E-state index is -1.63. The lowest BCUT2D eigenvalue weighted by atomic mass is 10.0. The van der Waals surface area contributed by atoms with Crippen LogP contribution < -0.4 is 5.11 Å². The molecule has 0 heterocycles. The normalized spacial score (nSPS) is 13.3. The second-order valence-electron chi connectivity index (χ2n) is 25.5. The van der Waals surface area contributed by atoms with Crippen LogP contribution in [-0.4, -0.2) is 82.3 Å². The maximum Gasteiger partial charge on any atom is 0.306 e. The van der Waals surface area contributed by atoms with Crippen LogP contribution >= 0.6 is 0 Å². The zero-order chi connectivity index (χ0) is 63.3. The van der Waals surface area contributed by atoms with Gasteiger partial charge in [0, 0.05) is 12.8 Å². The van der Waals surface area contributed by atoms with Crippen LogP contribution in [0, 0.1) is 0 Å². The molecule has 0 amide bonds. The van der Waals surface area contributed by atoms with Crippen molar-refractivity contribution >= 4 is 17.9 Å². The lowest BCUT2D eigenvalue weighted by Gasteiger charge is -2.26. The highest BCUT2D eigenvalue weighted by Crippen LogP contribution is 2.18. The molecule has 0 aliphatic heterocycles. The SMILES string of the molecule is CC/C=C\C/C=C\C/C=C\C/C=C\C/C=C\CCCCCCCCCCCCCCCCCCCCCCCC(=O)OC(COC(=O)CCCCCCCCCCCC/C=C\C/C=C\C/C=C\CCCCCCC)COC(OCC[N+](C)(C)C)C(=O)[O-]. The van der Waals surface area contributed by atoms with Crippen molar-refractivity contribution in [2.75, 3.05) is 47.5 Å². The summed E-state index contributed by atoms with van der Waals surface area (Å²) in [6.45, 7) is 4.65. The monoisotopic (exact) mass is 1220 g/mol. The predicted molar refractivity (Wildman–Crippen MR) is 371 cm³/mol. The lowest BCUT2D eigenvalue weighted by Crippen LogP contribution is -2.44. The Hall–Kier alpha value is -3.79. The number of aliphatic carboxylic acids is 1. The Morgan fingerprint density at radius 2 is 0.655 bits per heavy atom. The van der Waals surface area contributed by atoms with Gasteiger partial charge in [-0.15, -0.1) is 0 Å². The van der Waals surface area contributed by atoms with Crippen LogP contribution in [0.5, 0.6) is 0 Å². The molecule has 0 bridgehead atoms. The number of carboxylic acids is 1. The molecule has 0 fully saturated rings. The van der Waals surface area contributed by atoms with E-state index in [0.717, 1.165) is 77.0 Å². The topological polar surface area (TPSA) is 111 Å². The molecule has 9 nitrogen and oxygen atoms in total. The maximum atomic E-state index is 12.9. The number of rotatable bonds is 67. The first-order valence-electron chi connectivity index (χ1n) is 36.4. The van der Waals surface area contributed by atoms with E-state index >= 15 is 0 Å². The van der Waals surface area contributed by atoms with Crippen molar-refractivity contribution in [2.24, 2.45) is 0 Å². The first-order valence-corrected chi connectivity index (χ1v) is 36.4. The fraction of sp³-hybridized carbons (Fsp3) is 0.756. The van der Waals surface area contributed by atoms with Crippen molar-refractivity contribution < 1.29 is 42.9 Å². The molecule has 87 heavy (non-hydrogen) atoms. The van der Waals surface area contributed by atoms with Crippen LogP contribution in [0.2, 0.25) is 0 Å². The largest absolute Gasteiger partial charge is 0.545 e. The molecule has 9 heteroatoms. The van der Waals surface area contributed by atoms with E-state index in [4.69, 9.17) is 18.9 Å². The quantitative estimate of drug-likeness (QED) is 0.0195. The average molecular weight is 1220 g/mol. The minimum absolute atomic E-state index is 0.145. The molecular formula is C78H137NO8. The molecule has 0 N–H and O–H groups in total. The minimum Gasteiger partial charge on any atom is -0.545 e. The molecule has 2 atom stereocenters. The number of likely N-dealkylation sites (N-methyl/N-ethyl adjacent to an activating group) is 1. The Kier molecular flexibility index (Phi) is 65.2. The molecule has 0 aromatic rings. The van der Waals surface area contributed by atoms with E-state index in [1.165, 1.54) is 212 Å². The summed E-state index contributed by atoms with van der Waals surface area (Å²) < 4.78 is 22.8. The van der Waals surface area contributed by atoms with Gasteiger partial charge >= 0.3 is 11.9 Å². The van der Waals surface area contributed by atoms with Gasteiger partial charge < -0.3 is 33.3 Å². The van der Waals surface area contributed by atoms with Gasteiger partial charge in [-0.05, 0) is 96.3 Å². The molecular weight excluding hydrogens is 1080 g/mol. The number of allylic oxidation sites excluding steroid dienone is 16. The van der Waals surface area contributed by atoms with E-state index in [1.807, 2.05) is 21.1 Å². The van der Waals surface area contributed by atoms with Gasteiger partial charge in [0.2, 0.25) is 0 Å². The number of carboxylic acid groups (broad SMARTS) is 1. The van der Waals surface area contributed by atoms with Gasteiger partial charge in [0.25, 0.3) is 0 Å². The highest BCUT2D eigenvalue weighted by Gasteiger charge is 2.22. The summed E-state index contributed by atoms with van der Waals surface area (Å²) in [5.41, 5.74) is 0. The summed E-state index contributed by atoms with van der Waals surface area (Å²) in [5.74, 6) is -2.27. The van der Waals surface area contributed by atoms with Gasteiger partial charge in [0.1, 0.15) is 13.2 Å². The molecule has 0 rings (SSSR count). The maximum absolute atomic E-state index is 12.9. The van der Waals surface area contributed by atoms with Gasteiger partial charge in [-0.1, -0.05) is 310 Å².